The molecule has 0 saturated heterocycles. The third-order valence-electron chi connectivity index (χ3n) is 2.42. The number of benzene rings is 1. The molecule has 0 aliphatic heterocycles. The molecule has 3 nitrogen and oxygen atoms in total. The van der Waals surface area contributed by atoms with E-state index in [-0.39, 0.29) is 11.2 Å². The Balaban J connectivity index is 2.67. The molecule has 17 heavy (non-hydrogen) atoms. The van der Waals surface area contributed by atoms with Crippen LogP contribution in [-0.4, -0.2) is 28.2 Å². The van der Waals surface area contributed by atoms with E-state index in [4.69, 9.17) is 0 Å². The highest BCUT2D eigenvalue weighted by atomic mass is 79.9. The summed E-state index contributed by atoms with van der Waals surface area (Å²) in [7, 11) is -0.916. The van der Waals surface area contributed by atoms with E-state index in [1.807, 2.05) is 26.0 Å². The molecule has 0 heterocycles. The van der Waals surface area contributed by atoms with Gasteiger partial charge in [-0.1, -0.05) is 15.9 Å². The molecule has 0 fully saturated rings. The van der Waals surface area contributed by atoms with Gasteiger partial charge in [-0.15, -0.1) is 0 Å². The van der Waals surface area contributed by atoms with Crippen molar-refractivity contribution in [1.29, 1.82) is 0 Å². The van der Waals surface area contributed by atoms with E-state index in [1.165, 1.54) is 0 Å². The summed E-state index contributed by atoms with van der Waals surface area (Å²) in [4.78, 5) is 11.8. The van der Waals surface area contributed by atoms with Crippen molar-refractivity contribution in [3.05, 3.63) is 33.8 Å². The van der Waals surface area contributed by atoms with Crippen LogP contribution in [0.1, 0.15) is 22.8 Å². The third-order valence-corrected chi connectivity index (χ3v) is 4.18. The van der Waals surface area contributed by atoms with E-state index in [2.05, 4.69) is 21.2 Å². The Kier molecular flexibility index (Phi) is 5.33. The average Bonchev–Trinajstić information content (AvgIpc) is 2.23. The normalized spacial score (nSPS) is 14.1. The van der Waals surface area contributed by atoms with Crippen LogP contribution < -0.4 is 5.32 Å². The van der Waals surface area contributed by atoms with Crippen molar-refractivity contribution in [3.63, 3.8) is 0 Å². The van der Waals surface area contributed by atoms with Gasteiger partial charge in [0.25, 0.3) is 5.91 Å². The monoisotopic (exact) mass is 317 g/mol. The largest absolute Gasteiger partial charge is 0.351 e. The predicted octanol–water partition coefficient (Wildman–Crippen LogP) is 2.25. The van der Waals surface area contributed by atoms with E-state index in [9.17, 15) is 9.00 Å². The maximum atomic E-state index is 11.8. The van der Waals surface area contributed by atoms with Crippen LogP contribution in [0.2, 0.25) is 0 Å². The third kappa shape index (κ3) is 4.60. The molecule has 0 radical (unpaired) electrons. The lowest BCUT2D eigenvalue weighted by atomic mass is 10.1. The van der Waals surface area contributed by atoms with Crippen LogP contribution in [0.25, 0.3) is 0 Å². The zero-order valence-electron chi connectivity index (χ0n) is 10.1. The van der Waals surface area contributed by atoms with Crippen LogP contribution in [0.4, 0.5) is 0 Å². The van der Waals surface area contributed by atoms with E-state index in [1.54, 1.807) is 12.3 Å². The highest BCUT2D eigenvalue weighted by Crippen LogP contribution is 2.15. The molecular weight excluding hydrogens is 302 g/mol. The van der Waals surface area contributed by atoms with E-state index < -0.39 is 10.8 Å². The van der Waals surface area contributed by atoms with Crippen molar-refractivity contribution >= 4 is 32.6 Å². The SMILES string of the molecule is Cc1cc(Br)cc(C(=O)NC[C@@H](C)[S@@](C)=O)c1. The Morgan fingerprint density at radius 1 is 1.47 bits per heavy atom. The summed E-state index contributed by atoms with van der Waals surface area (Å²) in [5.41, 5.74) is 1.64. The van der Waals surface area contributed by atoms with Gasteiger partial charge in [0.1, 0.15) is 0 Å². The predicted molar refractivity (Wildman–Crippen MR) is 74.7 cm³/mol. The summed E-state index contributed by atoms with van der Waals surface area (Å²) in [6, 6.07) is 5.55. The van der Waals surface area contributed by atoms with Crippen molar-refractivity contribution in [3.8, 4) is 0 Å². The molecule has 1 aromatic carbocycles. The van der Waals surface area contributed by atoms with Crippen molar-refractivity contribution in [2.24, 2.45) is 0 Å². The molecular formula is C12H16BrNO2S. The quantitative estimate of drug-likeness (QED) is 0.925. The molecule has 2 atom stereocenters. The van der Waals surface area contributed by atoms with Crippen LogP contribution in [0.15, 0.2) is 22.7 Å². The van der Waals surface area contributed by atoms with Crippen molar-refractivity contribution < 1.29 is 9.00 Å². The molecule has 0 saturated carbocycles. The number of halogens is 1. The molecule has 0 bridgehead atoms. The number of hydrogen-bond donors (Lipinski definition) is 1. The van der Waals surface area contributed by atoms with Crippen LogP contribution >= 0.6 is 15.9 Å². The number of nitrogens with one attached hydrogen (secondary N) is 1. The van der Waals surface area contributed by atoms with Gasteiger partial charge < -0.3 is 5.32 Å². The van der Waals surface area contributed by atoms with E-state index in [0.29, 0.717) is 12.1 Å². The summed E-state index contributed by atoms with van der Waals surface area (Å²) in [5.74, 6) is -0.133. The van der Waals surface area contributed by atoms with Gasteiger partial charge in [0, 0.05) is 38.9 Å². The second kappa shape index (κ2) is 6.31. The molecule has 0 aliphatic carbocycles. The number of rotatable bonds is 4. The smallest absolute Gasteiger partial charge is 0.251 e. The van der Waals surface area contributed by atoms with E-state index in [0.717, 1.165) is 10.0 Å². The number of amides is 1. The van der Waals surface area contributed by atoms with Gasteiger partial charge in [-0.2, -0.15) is 0 Å². The fraction of sp³-hybridized carbons (Fsp3) is 0.417. The summed E-state index contributed by atoms with van der Waals surface area (Å²) in [6.45, 7) is 4.21. The Bertz CT molecular complexity index is 428. The number of carbonyl (C=O) groups is 1. The van der Waals surface area contributed by atoms with Crippen LogP contribution in [0.3, 0.4) is 0 Å². The Labute approximate surface area is 113 Å². The van der Waals surface area contributed by atoms with Gasteiger partial charge in [-0.25, -0.2) is 0 Å². The van der Waals surface area contributed by atoms with Crippen molar-refractivity contribution in [2.75, 3.05) is 12.8 Å². The first-order valence-corrected chi connectivity index (χ1v) is 7.69. The average molecular weight is 318 g/mol. The first-order chi connectivity index (χ1) is 7.90. The number of aryl methyl sites for hydroxylation is 1. The minimum Gasteiger partial charge on any atom is -0.351 e. The summed E-state index contributed by atoms with van der Waals surface area (Å²) >= 11 is 3.36. The van der Waals surface area contributed by atoms with E-state index >= 15 is 0 Å². The van der Waals surface area contributed by atoms with Crippen LogP contribution in [0, 0.1) is 6.92 Å². The summed E-state index contributed by atoms with van der Waals surface area (Å²) < 4.78 is 12.0. The highest BCUT2D eigenvalue weighted by molar-refractivity contribution is 9.10. The second-order valence-corrected chi connectivity index (χ2v) is 6.75. The fourth-order valence-corrected chi connectivity index (χ4v) is 2.25. The Morgan fingerprint density at radius 3 is 2.65 bits per heavy atom. The first kappa shape index (κ1) is 14.4. The molecule has 0 spiro atoms. The first-order valence-electron chi connectivity index (χ1n) is 5.27. The molecule has 1 aromatic rings. The van der Waals surface area contributed by atoms with Crippen LogP contribution in [-0.2, 0) is 10.8 Å². The fourth-order valence-electron chi connectivity index (χ4n) is 1.32. The maximum absolute atomic E-state index is 11.8. The highest BCUT2D eigenvalue weighted by Gasteiger charge is 2.10. The molecule has 1 amide bonds. The van der Waals surface area contributed by atoms with Crippen LogP contribution in [0.5, 0.6) is 0 Å². The van der Waals surface area contributed by atoms with Gasteiger partial charge in [0.05, 0.1) is 0 Å². The zero-order valence-corrected chi connectivity index (χ0v) is 12.5. The lowest BCUT2D eigenvalue weighted by molar-refractivity contribution is 0.0954. The zero-order chi connectivity index (χ0) is 13.0. The molecule has 0 unspecified atom stereocenters. The lowest BCUT2D eigenvalue weighted by Crippen LogP contribution is -2.32. The van der Waals surface area contributed by atoms with Gasteiger partial charge in [0.15, 0.2) is 0 Å². The minimum absolute atomic E-state index is 0.0350. The topological polar surface area (TPSA) is 46.2 Å². The lowest BCUT2D eigenvalue weighted by Gasteiger charge is -2.10. The van der Waals surface area contributed by atoms with Gasteiger partial charge in [0.2, 0.25) is 0 Å². The molecule has 0 aromatic heterocycles. The maximum Gasteiger partial charge on any atom is 0.251 e. The number of carbonyl (C=O) groups excluding carboxylic acids is 1. The van der Waals surface area contributed by atoms with Gasteiger partial charge in [-0.3, -0.25) is 9.00 Å². The molecule has 1 N–H and O–H groups in total. The molecule has 0 aliphatic rings. The van der Waals surface area contributed by atoms with Gasteiger partial charge in [-0.05, 0) is 37.6 Å². The van der Waals surface area contributed by atoms with Crippen molar-refractivity contribution in [1.82, 2.24) is 5.32 Å². The Morgan fingerprint density at radius 2 is 2.12 bits per heavy atom. The molecule has 5 heteroatoms. The standard InChI is InChI=1S/C12H16BrNO2S/c1-8-4-10(6-11(13)5-8)12(15)14-7-9(2)17(3)16/h4-6,9H,7H2,1-3H3,(H,14,15)/t9-,17-/m1/s1. The molecule has 94 valence electrons. The molecule has 1 rings (SSSR count). The van der Waals surface area contributed by atoms with Gasteiger partial charge >= 0.3 is 0 Å². The number of hydrogen-bond acceptors (Lipinski definition) is 2. The summed E-state index contributed by atoms with van der Waals surface area (Å²) in [5, 5.41) is 2.75. The minimum atomic E-state index is -0.916. The summed E-state index contributed by atoms with van der Waals surface area (Å²) in [6.07, 6.45) is 1.64. The second-order valence-electron chi connectivity index (χ2n) is 4.04. The van der Waals surface area contributed by atoms with Crippen molar-refractivity contribution in [2.45, 2.75) is 19.1 Å². The Hall–Kier alpha value is -0.680.